The average Bonchev–Trinajstić information content (AvgIpc) is 2.00. The molecule has 78 valence electrons. The number of alkyl halides is 1. The number of nitro groups is 2. The number of nitrogens with zero attached hydrogens (tertiary/aromatic N) is 2. The molecule has 0 amide bonds. The van der Waals surface area contributed by atoms with Crippen LogP contribution in [0.2, 0.25) is 0 Å². The topological polar surface area (TPSA) is 103 Å². The molecule has 7 nitrogen and oxygen atoms in total. The van der Waals surface area contributed by atoms with Gasteiger partial charge in [-0.15, -0.1) is 0 Å². The molecule has 0 saturated heterocycles. The van der Waals surface area contributed by atoms with E-state index in [1.807, 2.05) is 22.6 Å². The van der Waals surface area contributed by atoms with Gasteiger partial charge in [-0.25, -0.2) is 0 Å². The number of Topliss-reactive ketones (excluding diaryl/α,β-unsaturated/α-hetero) is 1. The predicted molar refractivity (Wildman–Crippen MR) is 53.3 cm³/mol. The summed E-state index contributed by atoms with van der Waals surface area (Å²) >= 11 is 1.84. The van der Waals surface area contributed by atoms with Crippen LogP contribution in [0.15, 0.2) is 0 Å². The van der Waals surface area contributed by atoms with Gasteiger partial charge in [0.1, 0.15) is 5.78 Å². The smallest absolute Gasteiger partial charge is 0.299 e. The maximum absolute atomic E-state index is 11.1. The van der Waals surface area contributed by atoms with Gasteiger partial charge in [0, 0.05) is 5.92 Å². The number of ketones is 1. The highest BCUT2D eigenvalue weighted by molar-refractivity contribution is 14.1. The molecule has 0 unspecified atom stereocenters. The first-order valence-corrected chi connectivity index (χ1v) is 5.34. The van der Waals surface area contributed by atoms with Crippen molar-refractivity contribution in [3.05, 3.63) is 20.2 Å². The zero-order chi connectivity index (χ0) is 10.9. The van der Waals surface area contributed by atoms with Gasteiger partial charge in [-0.3, -0.25) is 25.0 Å². The van der Waals surface area contributed by atoms with Crippen LogP contribution in [-0.2, 0) is 4.79 Å². The van der Waals surface area contributed by atoms with E-state index in [0.29, 0.717) is 0 Å². The van der Waals surface area contributed by atoms with Crippen molar-refractivity contribution in [2.45, 2.75) is 18.5 Å². The summed E-state index contributed by atoms with van der Waals surface area (Å²) in [5.41, 5.74) is -2.11. The molecule has 8 heteroatoms. The second kappa shape index (κ2) is 3.75. The van der Waals surface area contributed by atoms with Crippen molar-refractivity contribution < 1.29 is 14.6 Å². The molecule has 1 aliphatic rings. The molecule has 1 saturated carbocycles. The maximum atomic E-state index is 11.1. The molecule has 0 atom stereocenters. The molecule has 14 heavy (non-hydrogen) atoms. The Morgan fingerprint density at radius 3 is 2.07 bits per heavy atom. The first kappa shape index (κ1) is 11.3. The molecule has 0 aromatic rings. The lowest BCUT2D eigenvalue weighted by atomic mass is 9.73. The highest BCUT2D eigenvalue weighted by Gasteiger charge is 2.67. The van der Waals surface area contributed by atoms with E-state index < -0.39 is 21.4 Å². The summed E-state index contributed by atoms with van der Waals surface area (Å²) in [6.07, 6.45) is -0.538. The molecule has 0 N–H and O–H groups in total. The third-order valence-electron chi connectivity index (χ3n) is 2.41. The summed E-state index contributed by atoms with van der Waals surface area (Å²) in [6.45, 7) is 0. The first-order valence-electron chi connectivity index (χ1n) is 3.81. The van der Waals surface area contributed by atoms with Gasteiger partial charge in [-0.1, -0.05) is 22.6 Å². The molecule has 0 spiro atoms. The van der Waals surface area contributed by atoms with Crippen LogP contribution < -0.4 is 0 Å². The van der Waals surface area contributed by atoms with Crippen molar-refractivity contribution in [1.82, 2.24) is 0 Å². The fourth-order valence-electron chi connectivity index (χ4n) is 1.43. The molecule has 0 aliphatic heterocycles. The normalized spacial score (nSPS) is 19.8. The van der Waals surface area contributed by atoms with E-state index in [1.165, 1.54) is 0 Å². The highest BCUT2D eigenvalue weighted by atomic mass is 127. The molecule has 0 bridgehead atoms. The van der Waals surface area contributed by atoms with E-state index in [0.717, 1.165) is 0 Å². The van der Waals surface area contributed by atoms with E-state index in [9.17, 15) is 25.0 Å². The van der Waals surface area contributed by atoms with Gasteiger partial charge in [0.15, 0.2) is 0 Å². The minimum absolute atomic E-state index is 0.148. The van der Waals surface area contributed by atoms with Crippen LogP contribution >= 0.6 is 22.6 Å². The summed E-state index contributed by atoms with van der Waals surface area (Å²) in [7, 11) is 0. The Bertz CT molecular complexity index is 283. The SMILES string of the molecule is O=C(CI)C1CC([N+](=O)[O-])([N+](=O)[O-])C1. The predicted octanol–water partition coefficient (Wildman–Crippen LogP) is 0.650. The van der Waals surface area contributed by atoms with E-state index in [-0.39, 0.29) is 23.1 Å². The van der Waals surface area contributed by atoms with Crippen LogP contribution in [0, 0.1) is 26.1 Å². The van der Waals surface area contributed by atoms with E-state index in [2.05, 4.69) is 0 Å². The Balaban J connectivity index is 2.70. The number of hydrogen-bond donors (Lipinski definition) is 0. The summed E-state index contributed by atoms with van der Waals surface area (Å²) in [4.78, 5) is 30.2. The van der Waals surface area contributed by atoms with Gasteiger partial charge in [0.25, 0.3) is 0 Å². The van der Waals surface area contributed by atoms with Crippen LogP contribution in [0.3, 0.4) is 0 Å². The third kappa shape index (κ3) is 1.57. The third-order valence-corrected chi connectivity index (χ3v) is 3.17. The Morgan fingerprint density at radius 1 is 1.36 bits per heavy atom. The van der Waals surface area contributed by atoms with Crippen molar-refractivity contribution in [1.29, 1.82) is 0 Å². The highest BCUT2D eigenvalue weighted by Crippen LogP contribution is 2.41. The molecule has 0 heterocycles. The van der Waals surface area contributed by atoms with E-state index in [1.54, 1.807) is 0 Å². The van der Waals surface area contributed by atoms with Crippen LogP contribution in [0.5, 0.6) is 0 Å². The lowest BCUT2D eigenvalue weighted by Gasteiger charge is -2.31. The molecule has 0 aromatic heterocycles. The lowest BCUT2D eigenvalue weighted by Crippen LogP contribution is -2.58. The average molecular weight is 314 g/mol. The summed E-state index contributed by atoms with van der Waals surface area (Å²) in [5.74, 6) is -0.660. The van der Waals surface area contributed by atoms with Gasteiger partial charge in [-0.2, -0.15) is 0 Å². The van der Waals surface area contributed by atoms with Crippen molar-refractivity contribution >= 4 is 28.4 Å². The number of carbonyl (C=O) groups is 1. The van der Waals surface area contributed by atoms with Crippen molar-refractivity contribution in [2.75, 3.05) is 4.43 Å². The van der Waals surface area contributed by atoms with Crippen molar-refractivity contribution in [3.8, 4) is 0 Å². The molecule has 1 aliphatic carbocycles. The fraction of sp³-hybridized carbons (Fsp3) is 0.833. The second-order valence-electron chi connectivity index (χ2n) is 3.20. The van der Waals surface area contributed by atoms with Gasteiger partial charge in [-0.05, 0) is 0 Å². The number of rotatable bonds is 4. The fourth-order valence-corrected chi connectivity index (χ4v) is 2.05. The first-order chi connectivity index (χ1) is 6.44. The molecule has 0 radical (unpaired) electrons. The second-order valence-corrected chi connectivity index (χ2v) is 3.96. The standard InChI is InChI=1S/C6H7IN2O5/c7-3-5(10)4-1-6(2-4,8(11)12)9(13)14/h4H,1-3H2. The lowest BCUT2D eigenvalue weighted by molar-refractivity contribution is -0.813. The van der Waals surface area contributed by atoms with Crippen LogP contribution in [0.25, 0.3) is 0 Å². The molecule has 0 aromatic carbocycles. The van der Waals surface area contributed by atoms with Gasteiger partial charge in [0.2, 0.25) is 0 Å². The molecular formula is C6H7IN2O5. The Labute approximate surface area is 92.3 Å². The summed E-state index contributed by atoms with van der Waals surface area (Å²) in [5, 5.41) is 20.9. The van der Waals surface area contributed by atoms with E-state index >= 15 is 0 Å². The zero-order valence-corrected chi connectivity index (χ0v) is 9.17. The van der Waals surface area contributed by atoms with Gasteiger partial charge >= 0.3 is 5.66 Å². The minimum Gasteiger partial charge on any atom is -0.299 e. The Kier molecular flexibility index (Phi) is 3.02. The summed E-state index contributed by atoms with van der Waals surface area (Å²) in [6, 6.07) is 0. The molecule has 1 rings (SSSR count). The Morgan fingerprint density at radius 2 is 1.79 bits per heavy atom. The number of hydrogen-bond acceptors (Lipinski definition) is 5. The minimum atomic E-state index is -2.11. The summed E-state index contributed by atoms with van der Waals surface area (Å²) < 4.78 is 0.244. The van der Waals surface area contributed by atoms with E-state index in [4.69, 9.17) is 0 Å². The van der Waals surface area contributed by atoms with Crippen molar-refractivity contribution in [3.63, 3.8) is 0 Å². The van der Waals surface area contributed by atoms with Crippen LogP contribution in [0.4, 0.5) is 0 Å². The Hall–Kier alpha value is -0.800. The maximum Gasteiger partial charge on any atom is 0.459 e. The zero-order valence-electron chi connectivity index (χ0n) is 7.01. The number of halogens is 1. The van der Waals surface area contributed by atoms with Gasteiger partial charge in [0.05, 0.1) is 27.1 Å². The quantitative estimate of drug-likeness (QED) is 0.249. The van der Waals surface area contributed by atoms with Crippen LogP contribution in [-0.4, -0.2) is 25.7 Å². The monoisotopic (exact) mass is 314 g/mol. The van der Waals surface area contributed by atoms with Crippen molar-refractivity contribution in [2.24, 2.45) is 5.92 Å². The largest absolute Gasteiger partial charge is 0.459 e. The van der Waals surface area contributed by atoms with Crippen LogP contribution in [0.1, 0.15) is 12.8 Å². The van der Waals surface area contributed by atoms with Gasteiger partial charge < -0.3 is 0 Å². The molecular weight excluding hydrogens is 307 g/mol. The molecule has 1 fully saturated rings. The number of carbonyl (C=O) groups excluding carboxylic acids is 1.